The van der Waals surface area contributed by atoms with Crippen molar-refractivity contribution in [1.82, 2.24) is 4.98 Å². The summed E-state index contributed by atoms with van der Waals surface area (Å²) in [5.41, 5.74) is 0.691. The fourth-order valence-electron chi connectivity index (χ4n) is 1.35. The number of aromatic nitrogens is 1. The number of rotatable bonds is 4. The van der Waals surface area contributed by atoms with Crippen LogP contribution in [0.5, 0.6) is 0 Å². The van der Waals surface area contributed by atoms with Crippen molar-refractivity contribution in [2.24, 2.45) is 5.92 Å². The normalized spacial score (nSPS) is 10.4. The number of pyridine rings is 1. The van der Waals surface area contributed by atoms with E-state index in [-0.39, 0.29) is 11.8 Å². The van der Waals surface area contributed by atoms with Crippen molar-refractivity contribution in [3.8, 4) is 0 Å². The zero-order valence-corrected chi connectivity index (χ0v) is 9.71. The van der Waals surface area contributed by atoms with Gasteiger partial charge in [0, 0.05) is 5.92 Å². The molecule has 0 bridgehead atoms. The Kier molecular flexibility index (Phi) is 4.56. The zero-order valence-electron chi connectivity index (χ0n) is 8.96. The van der Waals surface area contributed by atoms with Crippen LogP contribution in [-0.4, -0.2) is 10.9 Å². The maximum absolute atomic E-state index is 11.7. The lowest BCUT2D eigenvalue weighted by molar-refractivity contribution is -0.120. The molecule has 3 nitrogen and oxygen atoms in total. The first-order valence-corrected chi connectivity index (χ1v) is 5.47. The van der Waals surface area contributed by atoms with Gasteiger partial charge in [-0.1, -0.05) is 25.4 Å². The monoisotopic (exact) mass is 226 g/mol. The van der Waals surface area contributed by atoms with Crippen LogP contribution in [0.1, 0.15) is 26.7 Å². The molecule has 1 rings (SSSR count). The van der Waals surface area contributed by atoms with Gasteiger partial charge in [0.15, 0.2) is 0 Å². The second-order valence-electron chi connectivity index (χ2n) is 3.37. The quantitative estimate of drug-likeness (QED) is 0.802. The van der Waals surface area contributed by atoms with E-state index in [4.69, 9.17) is 11.6 Å². The first-order valence-electron chi connectivity index (χ1n) is 5.09. The number of anilines is 1. The third-order valence-corrected chi connectivity index (χ3v) is 2.57. The molecule has 0 aliphatic carbocycles. The van der Waals surface area contributed by atoms with Gasteiger partial charge in [0.05, 0.1) is 11.9 Å². The SMILES string of the molecule is CCC(CC)C(=O)Nc1ccc(Cl)nc1. The van der Waals surface area contributed by atoms with Crippen LogP contribution in [0.2, 0.25) is 5.15 Å². The van der Waals surface area contributed by atoms with Gasteiger partial charge in [0.2, 0.25) is 5.91 Å². The van der Waals surface area contributed by atoms with Crippen LogP contribution < -0.4 is 5.32 Å². The summed E-state index contributed by atoms with van der Waals surface area (Å²) in [4.78, 5) is 15.6. The Morgan fingerprint density at radius 3 is 2.60 bits per heavy atom. The summed E-state index contributed by atoms with van der Waals surface area (Å²) in [7, 11) is 0. The van der Waals surface area contributed by atoms with E-state index in [1.165, 1.54) is 0 Å². The molecule has 1 N–H and O–H groups in total. The van der Waals surface area contributed by atoms with Crippen molar-refractivity contribution in [1.29, 1.82) is 0 Å². The molecule has 0 radical (unpaired) electrons. The molecule has 0 aliphatic heterocycles. The molecule has 1 amide bonds. The summed E-state index contributed by atoms with van der Waals surface area (Å²) >= 11 is 5.64. The maximum atomic E-state index is 11.7. The predicted molar refractivity (Wildman–Crippen MR) is 61.9 cm³/mol. The van der Waals surface area contributed by atoms with Crippen molar-refractivity contribution in [3.05, 3.63) is 23.5 Å². The standard InChI is InChI=1S/C11H15ClN2O/c1-3-8(4-2)11(15)14-9-5-6-10(12)13-7-9/h5-8H,3-4H2,1-2H3,(H,14,15). The minimum Gasteiger partial charge on any atom is -0.324 e. The second kappa shape index (κ2) is 5.71. The Bertz CT molecular complexity index is 320. The molecule has 1 aromatic rings. The first kappa shape index (κ1) is 12.0. The molecule has 0 fully saturated rings. The van der Waals surface area contributed by atoms with Crippen molar-refractivity contribution >= 4 is 23.2 Å². The van der Waals surface area contributed by atoms with Crippen LogP contribution in [0, 0.1) is 5.92 Å². The number of halogens is 1. The van der Waals surface area contributed by atoms with E-state index in [1.54, 1.807) is 18.3 Å². The lowest BCUT2D eigenvalue weighted by Gasteiger charge is -2.12. The summed E-state index contributed by atoms with van der Waals surface area (Å²) in [6.07, 6.45) is 3.26. The molecule has 0 atom stereocenters. The van der Waals surface area contributed by atoms with E-state index in [2.05, 4.69) is 10.3 Å². The molecule has 0 saturated carbocycles. The third-order valence-electron chi connectivity index (χ3n) is 2.35. The highest BCUT2D eigenvalue weighted by Crippen LogP contribution is 2.13. The van der Waals surface area contributed by atoms with Gasteiger partial charge in [-0.05, 0) is 25.0 Å². The van der Waals surface area contributed by atoms with E-state index in [0.717, 1.165) is 12.8 Å². The van der Waals surface area contributed by atoms with Crippen LogP contribution in [0.15, 0.2) is 18.3 Å². The lowest BCUT2D eigenvalue weighted by Crippen LogP contribution is -2.21. The molecule has 0 aliphatic rings. The summed E-state index contributed by atoms with van der Waals surface area (Å²) in [5.74, 6) is 0.116. The van der Waals surface area contributed by atoms with Gasteiger partial charge in [-0.15, -0.1) is 0 Å². The van der Waals surface area contributed by atoms with Crippen molar-refractivity contribution in [3.63, 3.8) is 0 Å². The molecule has 1 heterocycles. The Balaban J connectivity index is 2.61. The van der Waals surface area contributed by atoms with Gasteiger partial charge in [0.25, 0.3) is 0 Å². The fourth-order valence-corrected chi connectivity index (χ4v) is 1.47. The van der Waals surface area contributed by atoms with Gasteiger partial charge >= 0.3 is 0 Å². The Morgan fingerprint density at radius 1 is 1.47 bits per heavy atom. The van der Waals surface area contributed by atoms with E-state index in [0.29, 0.717) is 10.8 Å². The average Bonchev–Trinajstić information content (AvgIpc) is 2.23. The van der Waals surface area contributed by atoms with Gasteiger partial charge in [-0.3, -0.25) is 4.79 Å². The van der Waals surface area contributed by atoms with Crippen LogP contribution in [0.4, 0.5) is 5.69 Å². The van der Waals surface area contributed by atoms with Gasteiger partial charge in [0.1, 0.15) is 5.15 Å². The molecule has 4 heteroatoms. The number of hydrogen-bond acceptors (Lipinski definition) is 2. The highest BCUT2D eigenvalue weighted by atomic mass is 35.5. The number of hydrogen-bond donors (Lipinski definition) is 1. The van der Waals surface area contributed by atoms with E-state index in [1.807, 2.05) is 13.8 Å². The van der Waals surface area contributed by atoms with Crippen molar-refractivity contribution in [2.45, 2.75) is 26.7 Å². The average molecular weight is 227 g/mol. The summed E-state index contributed by atoms with van der Waals surface area (Å²) in [6, 6.07) is 3.40. The Hall–Kier alpha value is -1.09. The minimum atomic E-state index is 0.0455. The summed E-state index contributed by atoms with van der Waals surface area (Å²) in [5, 5.41) is 3.24. The topological polar surface area (TPSA) is 42.0 Å². The molecule has 0 spiro atoms. The molecule has 0 saturated heterocycles. The summed E-state index contributed by atoms with van der Waals surface area (Å²) < 4.78 is 0. The number of nitrogens with one attached hydrogen (secondary N) is 1. The van der Waals surface area contributed by atoms with Crippen LogP contribution in [-0.2, 0) is 4.79 Å². The number of amides is 1. The molecular weight excluding hydrogens is 212 g/mol. The molecule has 15 heavy (non-hydrogen) atoms. The molecular formula is C11H15ClN2O. The first-order chi connectivity index (χ1) is 7.17. The zero-order chi connectivity index (χ0) is 11.3. The fraction of sp³-hybridized carbons (Fsp3) is 0.455. The van der Waals surface area contributed by atoms with Gasteiger partial charge < -0.3 is 5.32 Å². The van der Waals surface area contributed by atoms with Gasteiger partial charge in [-0.2, -0.15) is 0 Å². The minimum absolute atomic E-state index is 0.0455. The van der Waals surface area contributed by atoms with E-state index in [9.17, 15) is 4.79 Å². The van der Waals surface area contributed by atoms with Crippen molar-refractivity contribution < 1.29 is 4.79 Å². The van der Waals surface area contributed by atoms with Crippen LogP contribution in [0.25, 0.3) is 0 Å². The van der Waals surface area contributed by atoms with Gasteiger partial charge in [-0.25, -0.2) is 4.98 Å². The molecule has 1 aromatic heterocycles. The maximum Gasteiger partial charge on any atom is 0.227 e. The second-order valence-corrected chi connectivity index (χ2v) is 3.76. The Morgan fingerprint density at radius 2 is 2.13 bits per heavy atom. The third kappa shape index (κ3) is 3.51. The predicted octanol–water partition coefficient (Wildman–Crippen LogP) is 3.11. The highest BCUT2D eigenvalue weighted by molar-refractivity contribution is 6.29. The molecule has 0 unspecified atom stereocenters. The summed E-state index contributed by atoms with van der Waals surface area (Å²) in [6.45, 7) is 4.02. The number of carbonyl (C=O) groups excluding carboxylic acids is 1. The van der Waals surface area contributed by atoms with Crippen LogP contribution in [0.3, 0.4) is 0 Å². The number of carbonyl (C=O) groups is 1. The van der Waals surface area contributed by atoms with Crippen molar-refractivity contribution in [2.75, 3.05) is 5.32 Å². The molecule has 0 aromatic carbocycles. The van der Waals surface area contributed by atoms with E-state index >= 15 is 0 Å². The Labute approximate surface area is 94.9 Å². The van der Waals surface area contributed by atoms with Crippen LogP contribution >= 0.6 is 11.6 Å². The number of nitrogens with zero attached hydrogens (tertiary/aromatic N) is 1. The highest BCUT2D eigenvalue weighted by Gasteiger charge is 2.13. The van der Waals surface area contributed by atoms with E-state index < -0.39 is 0 Å². The smallest absolute Gasteiger partial charge is 0.227 e. The largest absolute Gasteiger partial charge is 0.324 e. The molecule has 82 valence electrons. The lowest BCUT2D eigenvalue weighted by atomic mass is 10.0.